The van der Waals surface area contributed by atoms with E-state index in [2.05, 4.69) is 27.0 Å². The molecule has 2 heterocycles. The number of likely N-dealkylation sites (N-methyl/N-ethyl adjacent to an activating group) is 1. The van der Waals surface area contributed by atoms with Crippen molar-refractivity contribution in [3.05, 3.63) is 47.1 Å². The summed E-state index contributed by atoms with van der Waals surface area (Å²) in [6.07, 6.45) is 0. The van der Waals surface area contributed by atoms with Crippen LogP contribution in [-0.4, -0.2) is 52.5 Å². The summed E-state index contributed by atoms with van der Waals surface area (Å²) in [6, 6.07) is 7.54. The third kappa shape index (κ3) is 3.57. The Labute approximate surface area is 135 Å². The van der Waals surface area contributed by atoms with Crippen molar-refractivity contribution in [1.29, 1.82) is 0 Å². The van der Waals surface area contributed by atoms with Crippen LogP contribution in [0.4, 0.5) is 0 Å². The number of aryl methyl sites for hydroxylation is 1. The number of aromatic nitrogens is 2. The van der Waals surface area contributed by atoms with Gasteiger partial charge in [0.1, 0.15) is 6.04 Å². The Hall–Kier alpha value is -2.25. The van der Waals surface area contributed by atoms with Crippen LogP contribution in [0.5, 0.6) is 0 Å². The summed E-state index contributed by atoms with van der Waals surface area (Å²) in [6.45, 7) is 5.38. The quantitative estimate of drug-likeness (QED) is 0.904. The van der Waals surface area contributed by atoms with Crippen LogP contribution in [0.3, 0.4) is 0 Å². The zero-order chi connectivity index (χ0) is 16.4. The lowest BCUT2D eigenvalue weighted by atomic mass is 10.1. The fourth-order valence-electron chi connectivity index (χ4n) is 2.82. The lowest BCUT2D eigenvalue weighted by Gasteiger charge is -2.37. The number of nitrogens with zero attached hydrogens (tertiary/aromatic N) is 4. The van der Waals surface area contributed by atoms with Gasteiger partial charge in [0.15, 0.2) is 5.82 Å². The van der Waals surface area contributed by atoms with Crippen molar-refractivity contribution in [2.24, 2.45) is 5.73 Å². The summed E-state index contributed by atoms with van der Waals surface area (Å²) in [5.74, 6) is 0.925. The SMILES string of the molecule is Cc1noc([C@H]2CN(Cc3ccc(C(N)=O)cc3)CCN2C)n1. The lowest BCUT2D eigenvalue weighted by Crippen LogP contribution is -2.46. The Morgan fingerprint density at radius 3 is 2.70 bits per heavy atom. The van der Waals surface area contributed by atoms with Gasteiger partial charge in [0.2, 0.25) is 11.8 Å². The number of carbonyl (C=O) groups is 1. The summed E-state index contributed by atoms with van der Waals surface area (Å²) >= 11 is 0. The molecule has 1 aromatic heterocycles. The molecule has 1 fully saturated rings. The molecule has 3 rings (SSSR count). The van der Waals surface area contributed by atoms with E-state index in [1.165, 1.54) is 0 Å². The Bertz CT molecular complexity index is 682. The van der Waals surface area contributed by atoms with Crippen LogP contribution in [0.15, 0.2) is 28.8 Å². The number of nitrogens with two attached hydrogens (primary N) is 1. The van der Waals surface area contributed by atoms with Crippen LogP contribution in [0.25, 0.3) is 0 Å². The minimum Gasteiger partial charge on any atom is -0.366 e. The molecule has 23 heavy (non-hydrogen) atoms. The normalized spacial score (nSPS) is 19.8. The number of hydrogen-bond donors (Lipinski definition) is 1. The summed E-state index contributed by atoms with van der Waals surface area (Å²) in [7, 11) is 2.07. The van der Waals surface area contributed by atoms with E-state index in [0.717, 1.165) is 31.7 Å². The van der Waals surface area contributed by atoms with Gasteiger partial charge in [-0.1, -0.05) is 17.3 Å². The van der Waals surface area contributed by atoms with Crippen molar-refractivity contribution < 1.29 is 9.32 Å². The monoisotopic (exact) mass is 315 g/mol. The van der Waals surface area contributed by atoms with E-state index in [-0.39, 0.29) is 6.04 Å². The van der Waals surface area contributed by atoms with Crippen molar-refractivity contribution in [3.63, 3.8) is 0 Å². The van der Waals surface area contributed by atoms with E-state index < -0.39 is 5.91 Å². The highest BCUT2D eigenvalue weighted by Crippen LogP contribution is 2.23. The molecule has 1 amide bonds. The smallest absolute Gasteiger partial charge is 0.248 e. The zero-order valence-electron chi connectivity index (χ0n) is 13.4. The van der Waals surface area contributed by atoms with Crippen LogP contribution in [0, 0.1) is 6.92 Å². The molecule has 0 radical (unpaired) electrons. The molecule has 0 saturated carbocycles. The van der Waals surface area contributed by atoms with Gasteiger partial charge in [0.25, 0.3) is 0 Å². The van der Waals surface area contributed by atoms with Crippen molar-refractivity contribution in [1.82, 2.24) is 19.9 Å². The van der Waals surface area contributed by atoms with Crippen LogP contribution in [0.2, 0.25) is 0 Å². The Morgan fingerprint density at radius 1 is 1.35 bits per heavy atom. The van der Waals surface area contributed by atoms with Crippen molar-refractivity contribution in [2.45, 2.75) is 19.5 Å². The van der Waals surface area contributed by atoms with Crippen LogP contribution in [0.1, 0.15) is 33.7 Å². The summed E-state index contributed by atoms with van der Waals surface area (Å²) in [5.41, 5.74) is 6.96. The zero-order valence-corrected chi connectivity index (χ0v) is 13.4. The minimum absolute atomic E-state index is 0.106. The Kier molecular flexibility index (Phi) is 4.40. The van der Waals surface area contributed by atoms with Gasteiger partial charge in [-0.3, -0.25) is 14.6 Å². The second kappa shape index (κ2) is 6.47. The standard InChI is InChI=1S/C16H21N5O2/c1-11-18-16(23-19-11)14-10-21(8-7-20(14)2)9-12-3-5-13(6-4-12)15(17)22/h3-6,14H,7-10H2,1-2H3,(H2,17,22)/t14-/m1/s1. The largest absolute Gasteiger partial charge is 0.366 e. The molecule has 7 nitrogen and oxygen atoms in total. The molecule has 2 aromatic rings. The fourth-order valence-corrected chi connectivity index (χ4v) is 2.82. The topological polar surface area (TPSA) is 88.5 Å². The van der Waals surface area contributed by atoms with Crippen LogP contribution < -0.4 is 5.73 Å². The summed E-state index contributed by atoms with van der Waals surface area (Å²) < 4.78 is 5.33. The molecule has 1 aliphatic heterocycles. The highest BCUT2D eigenvalue weighted by molar-refractivity contribution is 5.92. The van der Waals surface area contributed by atoms with Gasteiger partial charge in [-0.2, -0.15) is 4.98 Å². The number of benzene rings is 1. The van der Waals surface area contributed by atoms with Gasteiger partial charge in [-0.15, -0.1) is 0 Å². The molecule has 0 spiro atoms. The first-order valence-electron chi connectivity index (χ1n) is 7.64. The summed E-state index contributed by atoms with van der Waals surface area (Å²) in [4.78, 5) is 20.1. The number of piperazine rings is 1. The first kappa shape index (κ1) is 15.6. The van der Waals surface area contributed by atoms with E-state index in [4.69, 9.17) is 10.3 Å². The lowest BCUT2D eigenvalue weighted by molar-refractivity contribution is 0.0714. The average Bonchev–Trinajstić information content (AvgIpc) is 2.96. The Morgan fingerprint density at radius 2 is 2.09 bits per heavy atom. The molecule has 122 valence electrons. The van der Waals surface area contributed by atoms with Gasteiger partial charge in [-0.05, 0) is 31.7 Å². The highest BCUT2D eigenvalue weighted by Gasteiger charge is 2.29. The molecule has 1 aliphatic rings. The number of hydrogen-bond acceptors (Lipinski definition) is 6. The first-order valence-corrected chi connectivity index (χ1v) is 7.64. The van der Waals surface area contributed by atoms with Gasteiger partial charge in [0.05, 0.1) is 0 Å². The molecule has 0 unspecified atom stereocenters. The van der Waals surface area contributed by atoms with E-state index in [1.54, 1.807) is 12.1 Å². The van der Waals surface area contributed by atoms with Crippen LogP contribution in [-0.2, 0) is 6.54 Å². The van der Waals surface area contributed by atoms with E-state index in [9.17, 15) is 4.79 Å². The number of amides is 1. The minimum atomic E-state index is -0.400. The van der Waals surface area contributed by atoms with Crippen molar-refractivity contribution in [2.75, 3.05) is 26.7 Å². The first-order chi connectivity index (χ1) is 11.0. The van der Waals surface area contributed by atoms with Gasteiger partial charge in [-0.25, -0.2) is 0 Å². The molecule has 0 aliphatic carbocycles. The fraction of sp³-hybridized carbons (Fsp3) is 0.438. The van der Waals surface area contributed by atoms with Crippen LogP contribution >= 0.6 is 0 Å². The van der Waals surface area contributed by atoms with Gasteiger partial charge in [0, 0.05) is 31.7 Å². The predicted octanol–water partition coefficient (Wildman–Crippen LogP) is 0.966. The second-order valence-corrected chi connectivity index (χ2v) is 5.97. The molecular weight excluding hydrogens is 294 g/mol. The molecule has 1 atom stereocenters. The molecule has 7 heteroatoms. The van der Waals surface area contributed by atoms with Gasteiger partial charge < -0.3 is 10.3 Å². The molecular formula is C16H21N5O2. The highest BCUT2D eigenvalue weighted by atomic mass is 16.5. The Balaban J connectivity index is 1.67. The average molecular weight is 315 g/mol. The van der Waals surface area contributed by atoms with E-state index in [1.807, 2.05) is 19.1 Å². The summed E-state index contributed by atoms with van der Waals surface area (Å²) in [5, 5.41) is 3.89. The third-order valence-corrected chi connectivity index (χ3v) is 4.21. The predicted molar refractivity (Wildman–Crippen MR) is 84.6 cm³/mol. The van der Waals surface area contributed by atoms with E-state index in [0.29, 0.717) is 17.3 Å². The third-order valence-electron chi connectivity index (χ3n) is 4.21. The number of primary amides is 1. The molecule has 1 aromatic carbocycles. The number of carbonyl (C=O) groups excluding carboxylic acids is 1. The maximum absolute atomic E-state index is 11.1. The van der Waals surface area contributed by atoms with E-state index >= 15 is 0 Å². The molecule has 0 bridgehead atoms. The number of rotatable bonds is 4. The molecule has 2 N–H and O–H groups in total. The van der Waals surface area contributed by atoms with Gasteiger partial charge >= 0.3 is 0 Å². The van der Waals surface area contributed by atoms with Crippen molar-refractivity contribution >= 4 is 5.91 Å². The maximum Gasteiger partial charge on any atom is 0.248 e. The van der Waals surface area contributed by atoms with Crippen molar-refractivity contribution in [3.8, 4) is 0 Å². The second-order valence-electron chi connectivity index (χ2n) is 5.97. The molecule has 1 saturated heterocycles. The maximum atomic E-state index is 11.1.